The molecule has 0 amide bonds. The van der Waals surface area contributed by atoms with Gasteiger partial charge in [0.05, 0.1) is 11.5 Å². The highest BCUT2D eigenvalue weighted by Gasteiger charge is 2.26. The van der Waals surface area contributed by atoms with Crippen molar-refractivity contribution in [3.05, 3.63) is 29.3 Å². The van der Waals surface area contributed by atoms with Crippen molar-refractivity contribution in [3.8, 4) is 0 Å². The van der Waals surface area contributed by atoms with Crippen LogP contribution >= 0.6 is 0 Å². The van der Waals surface area contributed by atoms with Crippen molar-refractivity contribution in [1.82, 2.24) is 4.31 Å². The van der Waals surface area contributed by atoms with Crippen LogP contribution in [0.1, 0.15) is 45.2 Å². The number of aryl methyl sites for hydroxylation is 1. The van der Waals surface area contributed by atoms with Crippen molar-refractivity contribution < 1.29 is 13.5 Å². The fraction of sp³-hybridized carbons (Fsp3) is 0.625. The van der Waals surface area contributed by atoms with Crippen LogP contribution in [-0.2, 0) is 23.1 Å². The zero-order valence-electron chi connectivity index (χ0n) is 13.5. The molecule has 0 heterocycles. The van der Waals surface area contributed by atoms with Crippen molar-refractivity contribution in [1.29, 1.82) is 0 Å². The summed E-state index contributed by atoms with van der Waals surface area (Å²) in [4.78, 5) is 0.335. The Balaban J connectivity index is 3.27. The normalized spacial score (nSPS) is 13.6. The van der Waals surface area contributed by atoms with Gasteiger partial charge < -0.3 is 5.11 Å². The summed E-state index contributed by atoms with van der Waals surface area (Å²) in [7, 11) is -3.51. The molecule has 1 aromatic rings. The first-order chi connectivity index (χ1) is 9.90. The van der Waals surface area contributed by atoms with Crippen LogP contribution in [-0.4, -0.2) is 30.9 Å². The highest BCUT2D eigenvalue weighted by atomic mass is 32.2. The van der Waals surface area contributed by atoms with Gasteiger partial charge in [0, 0.05) is 13.1 Å². The zero-order valence-corrected chi connectivity index (χ0v) is 14.3. The SMILES string of the molecule is CCc1ccc(CO)cc1S(=O)(=O)N(CC)CC(C)CC. The number of hydrogen-bond donors (Lipinski definition) is 1. The minimum Gasteiger partial charge on any atom is -0.392 e. The fourth-order valence-electron chi connectivity index (χ4n) is 2.24. The Morgan fingerprint density at radius 1 is 1.24 bits per heavy atom. The predicted molar refractivity (Wildman–Crippen MR) is 85.6 cm³/mol. The third kappa shape index (κ3) is 4.28. The molecule has 0 aromatic heterocycles. The highest BCUT2D eigenvalue weighted by molar-refractivity contribution is 7.89. The van der Waals surface area contributed by atoms with Gasteiger partial charge in [-0.3, -0.25) is 0 Å². The summed E-state index contributed by atoms with van der Waals surface area (Å²) in [6.07, 6.45) is 1.60. The van der Waals surface area contributed by atoms with Gasteiger partial charge in [-0.1, -0.05) is 46.2 Å². The molecule has 1 aromatic carbocycles. The molecule has 0 spiro atoms. The standard InChI is InChI=1S/C16H27NO3S/c1-5-13(4)11-17(7-3)21(19,20)16-10-14(12-18)8-9-15(16)6-2/h8-10,13,18H,5-7,11-12H2,1-4H3. The van der Waals surface area contributed by atoms with Gasteiger partial charge in [-0.25, -0.2) is 8.42 Å². The van der Waals surface area contributed by atoms with E-state index in [2.05, 4.69) is 13.8 Å². The molecule has 1 atom stereocenters. The van der Waals surface area contributed by atoms with E-state index in [1.807, 2.05) is 13.8 Å². The average Bonchev–Trinajstić information content (AvgIpc) is 2.51. The van der Waals surface area contributed by atoms with Gasteiger partial charge in [0.2, 0.25) is 10.0 Å². The second kappa shape index (κ2) is 7.92. The number of benzene rings is 1. The summed E-state index contributed by atoms with van der Waals surface area (Å²) in [6.45, 7) is 8.77. The maximum atomic E-state index is 12.9. The van der Waals surface area contributed by atoms with Crippen LogP contribution in [0, 0.1) is 5.92 Å². The number of hydrogen-bond acceptors (Lipinski definition) is 3. The Morgan fingerprint density at radius 2 is 1.90 bits per heavy atom. The number of rotatable bonds is 8. The number of aliphatic hydroxyl groups is 1. The first-order valence-electron chi connectivity index (χ1n) is 7.63. The molecule has 1 unspecified atom stereocenters. The minimum atomic E-state index is -3.51. The second-order valence-corrected chi connectivity index (χ2v) is 7.33. The Labute approximate surface area is 128 Å². The summed E-state index contributed by atoms with van der Waals surface area (Å²) < 4.78 is 27.4. The summed E-state index contributed by atoms with van der Waals surface area (Å²) >= 11 is 0. The van der Waals surface area contributed by atoms with E-state index in [0.29, 0.717) is 35.9 Å². The molecule has 0 fully saturated rings. The lowest BCUT2D eigenvalue weighted by Gasteiger charge is -2.25. The van der Waals surface area contributed by atoms with Crippen LogP contribution in [0.25, 0.3) is 0 Å². The van der Waals surface area contributed by atoms with Crippen molar-refractivity contribution in [2.75, 3.05) is 13.1 Å². The van der Waals surface area contributed by atoms with Crippen molar-refractivity contribution >= 4 is 10.0 Å². The van der Waals surface area contributed by atoms with E-state index in [0.717, 1.165) is 12.0 Å². The quantitative estimate of drug-likeness (QED) is 0.803. The number of nitrogens with zero attached hydrogens (tertiary/aromatic N) is 1. The van der Waals surface area contributed by atoms with Crippen LogP contribution in [0.2, 0.25) is 0 Å². The lowest BCUT2D eigenvalue weighted by atomic mass is 10.1. The van der Waals surface area contributed by atoms with Crippen LogP contribution in [0.4, 0.5) is 0 Å². The monoisotopic (exact) mass is 313 g/mol. The summed E-state index contributed by atoms with van der Waals surface area (Å²) in [5.74, 6) is 0.325. The molecule has 1 N–H and O–H groups in total. The lowest BCUT2D eigenvalue weighted by Crippen LogP contribution is -2.35. The van der Waals surface area contributed by atoms with Gasteiger partial charge in [-0.05, 0) is 29.5 Å². The van der Waals surface area contributed by atoms with Crippen LogP contribution in [0.3, 0.4) is 0 Å². The summed E-state index contributed by atoms with van der Waals surface area (Å²) in [5.41, 5.74) is 1.43. The van der Waals surface area contributed by atoms with E-state index in [1.54, 1.807) is 18.2 Å². The maximum absolute atomic E-state index is 12.9. The second-order valence-electron chi connectivity index (χ2n) is 5.42. The molecular formula is C16H27NO3S. The Bertz CT molecular complexity index is 555. The third-order valence-corrected chi connectivity index (χ3v) is 5.90. The van der Waals surface area contributed by atoms with Crippen LogP contribution < -0.4 is 0 Å². The molecule has 0 saturated heterocycles. The molecule has 0 aliphatic rings. The molecule has 0 radical (unpaired) electrons. The van der Waals surface area contributed by atoms with E-state index in [4.69, 9.17) is 0 Å². The molecule has 0 bridgehead atoms. The molecule has 21 heavy (non-hydrogen) atoms. The van der Waals surface area contributed by atoms with E-state index < -0.39 is 10.0 Å². The maximum Gasteiger partial charge on any atom is 0.243 e. The highest BCUT2D eigenvalue weighted by Crippen LogP contribution is 2.23. The predicted octanol–water partition coefficient (Wildman–Crippen LogP) is 2.80. The molecule has 0 aliphatic heterocycles. The smallest absolute Gasteiger partial charge is 0.243 e. The minimum absolute atomic E-state index is 0.149. The molecule has 120 valence electrons. The molecule has 0 aliphatic carbocycles. The van der Waals surface area contributed by atoms with E-state index in [1.165, 1.54) is 4.31 Å². The topological polar surface area (TPSA) is 57.6 Å². The van der Waals surface area contributed by atoms with Crippen LogP contribution in [0.5, 0.6) is 0 Å². The zero-order chi connectivity index (χ0) is 16.0. The summed E-state index contributed by atoms with van der Waals surface area (Å²) in [6, 6.07) is 5.19. The molecule has 5 heteroatoms. The average molecular weight is 313 g/mol. The Morgan fingerprint density at radius 3 is 2.38 bits per heavy atom. The molecule has 4 nitrogen and oxygen atoms in total. The van der Waals surface area contributed by atoms with Crippen molar-refractivity contribution in [3.63, 3.8) is 0 Å². The number of aliphatic hydroxyl groups excluding tert-OH is 1. The van der Waals surface area contributed by atoms with Crippen molar-refractivity contribution in [2.45, 2.75) is 52.0 Å². The fourth-order valence-corrected chi connectivity index (χ4v) is 4.16. The molecule has 1 rings (SSSR count). The van der Waals surface area contributed by atoms with Gasteiger partial charge in [0.25, 0.3) is 0 Å². The van der Waals surface area contributed by atoms with Gasteiger partial charge in [-0.2, -0.15) is 4.31 Å². The van der Waals surface area contributed by atoms with Crippen molar-refractivity contribution in [2.24, 2.45) is 5.92 Å². The van der Waals surface area contributed by atoms with Gasteiger partial charge in [0.1, 0.15) is 0 Å². The summed E-state index contributed by atoms with van der Waals surface area (Å²) in [5, 5.41) is 9.26. The first kappa shape index (κ1) is 18.1. The third-order valence-electron chi connectivity index (χ3n) is 3.88. The van der Waals surface area contributed by atoms with E-state index >= 15 is 0 Å². The van der Waals surface area contributed by atoms with Gasteiger partial charge >= 0.3 is 0 Å². The Hall–Kier alpha value is -0.910. The van der Waals surface area contributed by atoms with Gasteiger partial charge in [-0.15, -0.1) is 0 Å². The largest absolute Gasteiger partial charge is 0.392 e. The molecule has 0 saturated carbocycles. The molecular weight excluding hydrogens is 286 g/mol. The van der Waals surface area contributed by atoms with Gasteiger partial charge in [0.15, 0.2) is 0 Å². The van der Waals surface area contributed by atoms with E-state index in [-0.39, 0.29) is 6.61 Å². The lowest BCUT2D eigenvalue weighted by molar-refractivity contribution is 0.281. The van der Waals surface area contributed by atoms with E-state index in [9.17, 15) is 13.5 Å². The number of sulfonamides is 1. The van der Waals surface area contributed by atoms with Crippen LogP contribution in [0.15, 0.2) is 23.1 Å². The first-order valence-corrected chi connectivity index (χ1v) is 9.07. The Kier molecular flexibility index (Phi) is 6.84.